The number of aromatic nitrogens is 1. The molecular weight excluding hydrogens is 214 g/mol. The van der Waals surface area contributed by atoms with Crippen LogP contribution in [0.5, 0.6) is 5.75 Å². The van der Waals surface area contributed by atoms with Crippen LogP contribution in [0.2, 0.25) is 0 Å². The van der Waals surface area contributed by atoms with Gasteiger partial charge in [0.15, 0.2) is 5.75 Å². The highest BCUT2D eigenvalue weighted by Crippen LogP contribution is 2.19. The lowest BCUT2D eigenvalue weighted by Crippen LogP contribution is -2.21. The average Bonchev–Trinajstić information content (AvgIpc) is 2.83. The quantitative estimate of drug-likeness (QED) is 0.783. The molecule has 17 heavy (non-hydrogen) atoms. The molecule has 3 nitrogen and oxygen atoms in total. The van der Waals surface area contributed by atoms with Crippen LogP contribution >= 0.6 is 0 Å². The molecule has 0 bridgehead atoms. The smallest absolute Gasteiger partial charge is 0.293 e. The van der Waals surface area contributed by atoms with Crippen molar-refractivity contribution in [3.05, 3.63) is 64.1 Å². The maximum atomic E-state index is 12.1. The van der Waals surface area contributed by atoms with Gasteiger partial charge >= 0.3 is 0 Å². The fourth-order valence-corrected chi connectivity index (χ4v) is 2.11. The number of nitrogens with zero attached hydrogens (tertiary/aromatic N) is 1. The molecule has 0 saturated carbocycles. The second-order valence-corrected chi connectivity index (χ2v) is 4.19. The molecule has 3 heteroatoms. The molecule has 0 spiro atoms. The first-order valence-electron chi connectivity index (χ1n) is 5.73. The van der Waals surface area contributed by atoms with E-state index in [1.54, 1.807) is 4.57 Å². The highest BCUT2D eigenvalue weighted by molar-refractivity contribution is 5.34. The largest absolute Gasteiger partial charge is 0.487 e. The molecule has 1 aromatic carbocycles. The molecular formula is C14H13NO2. The third kappa shape index (κ3) is 1.84. The van der Waals surface area contributed by atoms with Gasteiger partial charge in [0.25, 0.3) is 5.56 Å². The van der Waals surface area contributed by atoms with Crippen LogP contribution in [0.15, 0.2) is 47.4 Å². The van der Waals surface area contributed by atoms with Crippen LogP contribution in [-0.4, -0.2) is 11.2 Å². The predicted octanol–water partition coefficient (Wildman–Crippen LogP) is 1.83. The molecule has 86 valence electrons. The van der Waals surface area contributed by atoms with Crippen LogP contribution in [0.25, 0.3) is 0 Å². The second kappa shape index (κ2) is 4.09. The van der Waals surface area contributed by atoms with Crippen molar-refractivity contribution in [3.8, 4) is 5.75 Å². The van der Waals surface area contributed by atoms with Gasteiger partial charge in [-0.3, -0.25) is 4.79 Å². The molecule has 0 atom stereocenters. The lowest BCUT2D eigenvalue weighted by Gasteiger charge is -2.07. The summed E-state index contributed by atoms with van der Waals surface area (Å²) in [4.78, 5) is 12.1. The average molecular weight is 227 g/mol. The van der Waals surface area contributed by atoms with E-state index in [4.69, 9.17) is 4.74 Å². The number of rotatable bonds is 2. The molecule has 1 aliphatic heterocycles. The predicted molar refractivity (Wildman–Crippen MR) is 65.4 cm³/mol. The van der Waals surface area contributed by atoms with Crippen LogP contribution in [0.1, 0.15) is 11.1 Å². The van der Waals surface area contributed by atoms with Crippen molar-refractivity contribution in [2.45, 2.75) is 13.0 Å². The summed E-state index contributed by atoms with van der Waals surface area (Å²) < 4.78 is 7.07. The molecule has 0 aliphatic carbocycles. The Morgan fingerprint density at radius 2 is 2.00 bits per heavy atom. The van der Waals surface area contributed by atoms with E-state index in [1.807, 2.05) is 42.6 Å². The van der Waals surface area contributed by atoms with Crippen molar-refractivity contribution < 1.29 is 4.74 Å². The normalized spacial score (nSPS) is 13.2. The Morgan fingerprint density at radius 3 is 2.82 bits per heavy atom. The molecule has 0 saturated heterocycles. The molecule has 1 aliphatic rings. The van der Waals surface area contributed by atoms with Crippen LogP contribution in [-0.2, 0) is 13.0 Å². The number of hydrogen-bond donors (Lipinski definition) is 0. The lowest BCUT2D eigenvalue weighted by molar-refractivity contribution is 0.350. The van der Waals surface area contributed by atoms with Crippen molar-refractivity contribution in [1.29, 1.82) is 0 Å². The van der Waals surface area contributed by atoms with E-state index >= 15 is 0 Å². The summed E-state index contributed by atoms with van der Waals surface area (Å²) in [6.07, 6.45) is 2.69. The van der Waals surface area contributed by atoms with E-state index < -0.39 is 0 Å². The van der Waals surface area contributed by atoms with Gasteiger partial charge in [-0.25, -0.2) is 0 Å². The first-order chi connectivity index (χ1) is 8.34. The third-order valence-corrected chi connectivity index (χ3v) is 3.02. The van der Waals surface area contributed by atoms with Gasteiger partial charge in [-0.05, 0) is 11.6 Å². The minimum absolute atomic E-state index is 0.0242. The Bertz CT molecular complexity index is 587. The highest BCUT2D eigenvalue weighted by Gasteiger charge is 2.16. The molecule has 3 rings (SSSR count). The molecule has 2 heterocycles. The van der Waals surface area contributed by atoms with Crippen LogP contribution in [0, 0.1) is 0 Å². The second-order valence-electron chi connectivity index (χ2n) is 4.19. The van der Waals surface area contributed by atoms with Crippen molar-refractivity contribution in [2.75, 3.05) is 6.61 Å². The molecule has 1 aromatic heterocycles. The molecule has 0 fully saturated rings. The lowest BCUT2D eigenvalue weighted by atomic mass is 10.2. The van der Waals surface area contributed by atoms with Crippen LogP contribution < -0.4 is 10.3 Å². The van der Waals surface area contributed by atoms with Gasteiger partial charge < -0.3 is 9.30 Å². The van der Waals surface area contributed by atoms with E-state index in [2.05, 4.69) is 0 Å². The zero-order valence-electron chi connectivity index (χ0n) is 9.43. The van der Waals surface area contributed by atoms with Gasteiger partial charge in [-0.15, -0.1) is 0 Å². The van der Waals surface area contributed by atoms with Crippen molar-refractivity contribution >= 4 is 0 Å². The summed E-state index contributed by atoms with van der Waals surface area (Å²) in [6, 6.07) is 11.9. The van der Waals surface area contributed by atoms with Gasteiger partial charge in [0.05, 0.1) is 13.2 Å². The Labute approximate surface area is 99.3 Å². The van der Waals surface area contributed by atoms with Crippen LogP contribution in [0.3, 0.4) is 0 Å². The van der Waals surface area contributed by atoms with Gasteiger partial charge in [0, 0.05) is 18.2 Å². The summed E-state index contributed by atoms with van der Waals surface area (Å²) in [5, 5.41) is 0. The molecule has 2 aromatic rings. The molecule has 0 radical (unpaired) electrons. The minimum atomic E-state index is -0.0242. The zero-order valence-corrected chi connectivity index (χ0v) is 9.43. The molecule has 0 N–H and O–H groups in total. The maximum absolute atomic E-state index is 12.1. The van der Waals surface area contributed by atoms with Crippen molar-refractivity contribution in [1.82, 2.24) is 4.57 Å². The van der Waals surface area contributed by atoms with Gasteiger partial charge in [0.1, 0.15) is 0 Å². The standard InChI is InChI=1S/C14H13NO2/c16-14-13-12(7-9-17-13)6-8-15(14)10-11-4-2-1-3-5-11/h1-6,8H,7,9-10H2. The molecule has 0 unspecified atom stereocenters. The Morgan fingerprint density at radius 1 is 1.18 bits per heavy atom. The van der Waals surface area contributed by atoms with Gasteiger partial charge in [0.2, 0.25) is 0 Å². The van der Waals surface area contributed by atoms with E-state index in [0.29, 0.717) is 18.9 Å². The third-order valence-electron chi connectivity index (χ3n) is 3.02. The van der Waals surface area contributed by atoms with Gasteiger partial charge in [-0.1, -0.05) is 30.3 Å². The maximum Gasteiger partial charge on any atom is 0.293 e. The summed E-state index contributed by atoms with van der Waals surface area (Å²) in [6.45, 7) is 1.22. The number of pyridine rings is 1. The Balaban J connectivity index is 1.98. The minimum Gasteiger partial charge on any atom is -0.487 e. The van der Waals surface area contributed by atoms with E-state index in [1.165, 1.54) is 0 Å². The van der Waals surface area contributed by atoms with Crippen molar-refractivity contribution in [3.63, 3.8) is 0 Å². The van der Waals surface area contributed by atoms with Gasteiger partial charge in [-0.2, -0.15) is 0 Å². The summed E-state index contributed by atoms with van der Waals surface area (Å²) >= 11 is 0. The number of hydrogen-bond acceptors (Lipinski definition) is 2. The monoisotopic (exact) mass is 227 g/mol. The first kappa shape index (κ1) is 10.1. The van der Waals surface area contributed by atoms with E-state index in [-0.39, 0.29) is 5.56 Å². The fourth-order valence-electron chi connectivity index (χ4n) is 2.11. The fraction of sp³-hybridized carbons (Fsp3) is 0.214. The SMILES string of the molecule is O=c1c2c(ccn1Cc1ccccc1)CCO2. The highest BCUT2D eigenvalue weighted by atomic mass is 16.5. The zero-order chi connectivity index (χ0) is 11.7. The Hall–Kier alpha value is -2.03. The summed E-state index contributed by atoms with van der Waals surface area (Å²) in [5.41, 5.74) is 2.12. The van der Waals surface area contributed by atoms with E-state index in [0.717, 1.165) is 17.5 Å². The van der Waals surface area contributed by atoms with Crippen LogP contribution in [0.4, 0.5) is 0 Å². The number of ether oxygens (including phenoxy) is 1. The number of fused-ring (bicyclic) bond motifs is 1. The Kier molecular flexibility index (Phi) is 2.44. The topological polar surface area (TPSA) is 31.2 Å². The van der Waals surface area contributed by atoms with Crippen molar-refractivity contribution in [2.24, 2.45) is 0 Å². The summed E-state index contributed by atoms with van der Waals surface area (Å²) in [5.74, 6) is 0.531. The first-order valence-corrected chi connectivity index (χ1v) is 5.73. The number of benzene rings is 1. The van der Waals surface area contributed by atoms with E-state index in [9.17, 15) is 4.79 Å². The molecule has 0 amide bonds. The summed E-state index contributed by atoms with van der Waals surface area (Å²) in [7, 11) is 0.